The Hall–Kier alpha value is -4.28. The summed E-state index contributed by atoms with van der Waals surface area (Å²) in [5, 5.41) is 12.4. The molecule has 3 N–H and O–H groups in total. The minimum absolute atomic E-state index is 0.00439. The molecular formula is C27H27F3N4O4. The van der Waals surface area contributed by atoms with Gasteiger partial charge in [0.05, 0.1) is 0 Å². The van der Waals surface area contributed by atoms with Crippen LogP contribution in [-0.4, -0.2) is 30.4 Å². The fraction of sp³-hybridized carbons (Fsp3) is 0.296. The van der Waals surface area contributed by atoms with Crippen molar-refractivity contribution in [3.05, 3.63) is 75.7 Å². The average Bonchev–Trinajstić information content (AvgIpc) is 3.18. The normalized spacial score (nSPS) is 13.4. The molecule has 0 saturated heterocycles. The number of aryl methyl sites for hydroxylation is 3. The molecule has 38 heavy (non-hydrogen) atoms. The quantitative estimate of drug-likeness (QED) is 0.382. The molecule has 0 spiro atoms. The van der Waals surface area contributed by atoms with Gasteiger partial charge in [-0.1, -0.05) is 23.4 Å². The topological polar surface area (TPSA) is 105 Å². The SMILES string of the molecule is CN/C(C)=C(/NC(=O)c1noc2c1CCCc1cc(OC(F)(F)F)ccc1-2)C(=O)Nc1c(C)cccc1C. The van der Waals surface area contributed by atoms with E-state index in [0.717, 1.165) is 11.1 Å². The Labute approximate surface area is 217 Å². The molecule has 11 heteroatoms. The maximum absolute atomic E-state index is 13.3. The predicted molar refractivity (Wildman–Crippen MR) is 134 cm³/mol. The van der Waals surface area contributed by atoms with E-state index < -0.39 is 18.2 Å². The zero-order valence-corrected chi connectivity index (χ0v) is 21.3. The number of alkyl halides is 3. The summed E-state index contributed by atoms with van der Waals surface area (Å²) in [5.74, 6) is -1.18. The molecule has 1 heterocycles. The van der Waals surface area contributed by atoms with Crippen molar-refractivity contribution in [2.24, 2.45) is 0 Å². The van der Waals surface area contributed by atoms with E-state index in [2.05, 4.69) is 25.8 Å². The number of hydrogen-bond acceptors (Lipinski definition) is 6. The highest BCUT2D eigenvalue weighted by Gasteiger charge is 2.32. The molecule has 2 amide bonds. The first-order valence-electron chi connectivity index (χ1n) is 11.9. The number of anilines is 1. The van der Waals surface area contributed by atoms with Gasteiger partial charge in [0.15, 0.2) is 11.5 Å². The van der Waals surface area contributed by atoms with Crippen LogP contribution in [-0.2, 0) is 17.6 Å². The van der Waals surface area contributed by atoms with Crippen LogP contribution in [0.1, 0.15) is 46.1 Å². The number of aromatic nitrogens is 1. The summed E-state index contributed by atoms with van der Waals surface area (Å²) in [6, 6.07) is 9.60. The number of ether oxygens (including phenoxy) is 1. The minimum Gasteiger partial charge on any atom is -0.406 e. The number of hydrogen-bond donors (Lipinski definition) is 3. The van der Waals surface area contributed by atoms with Gasteiger partial charge in [-0.15, -0.1) is 13.2 Å². The van der Waals surface area contributed by atoms with Crippen LogP contribution in [0.15, 0.2) is 52.3 Å². The molecule has 1 aliphatic carbocycles. The third-order valence-corrected chi connectivity index (χ3v) is 6.37. The van der Waals surface area contributed by atoms with Gasteiger partial charge < -0.3 is 25.2 Å². The molecule has 0 bridgehead atoms. The van der Waals surface area contributed by atoms with Crippen LogP contribution in [0.3, 0.4) is 0 Å². The molecule has 0 radical (unpaired) electrons. The number of nitrogens with one attached hydrogen (secondary N) is 3. The number of para-hydroxylation sites is 1. The Morgan fingerprint density at radius 1 is 1.08 bits per heavy atom. The van der Waals surface area contributed by atoms with E-state index in [4.69, 9.17) is 4.52 Å². The van der Waals surface area contributed by atoms with Gasteiger partial charge in [-0.3, -0.25) is 9.59 Å². The lowest BCUT2D eigenvalue weighted by Gasteiger charge is -2.16. The smallest absolute Gasteiger partial charge is 0.406 e. The number of benzene rings is 2. The monoisotopic (exact) mass is 528 g/mol. The maximum Gasteiger partial charge on any atom is 0.573 e. The van der Waals surface area contributed by atoms with Crippen molar-refractivity contribution in [1.82, 2.24) is 15.8 Å². The van der Waals surface area contributed by atoms with Crippen molar-refractivity contribution >= 4 is 17.5 Å². The summed E-state index contributed by atoms with van der Waals surface area (Å²) in [4.78, 5) is 26.5. The summed E-state index contributed by atoms with van der Waals surface area (Å²) in [5.41, 5.74) is 4.48. The van der Waals surface area contributed by atoms with Crippen molar-refractivity contribution in [3.63, 3.8) is 0 Å². The number of allylic oxidation sites excluding steroid dienone is 1. The van der Waals surface area contributed by atoms with Gasteiger partial charge in [-0.05, 0) is 74.9 Å². The van der Waals surface area contributed by atoms with Crippen molar-refractivity contribution in [1.29, 1.82) is 0 Å². The molecule has 0 atom stereocenters. The standard InChI is InChI=1S/C27H27F3N4O4/c1-14-7-5-8-15(2)21(14)32-25(35)22(16(3)31-4)33-26(36)23-20-10-6-9-17-13-18(37-27(28,29)30)11-12-19(17)24(20)38-34-23/h5,7-8,11-13,31H,6,9-10H2,1-4H3,(H,32,35)(H,33,36)/b22-16+. The van der Waals surface area contributed by atoms with Crippen LogP contribution in [0.4, 0.5) is 18.9 Å². The van der Waals surface area contributed by atoms with E-state index in [0.29, 0.717) is 53.1 Å². The Morgan fingerprint density at radius 3 is 2.45 bits per heavy atom. The van der Waals surface area contributed by atoms with E-state index in [1.54, 1.807) is 14.0 Å². The first-order valence-corrected chi connectivity index (χ1v) is 11.9. The molecule has 0 unspecified atom stereocenters. The zero-order valence-electron chi connectivity index (χ0n) is 21.3. The lowest BCUT2D eigenvalue weighted by Crippen LogP contribution is -2.34. The Kier molecular flexibility index (Phi) is 7.47. The van der Waals surface area contributed by atoms with Gasteiger partial charge in [0.1, 0.15) is 11.4 Å². The summed E-state index contributed by atoms with van der Waals surface area (Å²) >= 11 is 0. The van der Waals surface area contributed by atoms with Crippen molar-refractivity contribution in [2.45, 2.75) is 46.4 Å². The van der Waals surface area contributed by atoms with E-state index in [1.807, 2.05) is 32.0 Å². The molecule has 1 aromatic heterocycles. The maximum atomic E-state index is 13.3. The van der Waals surface area contributed by atoms with E-state index in [1.165, 1.54) is 18.2 Å². The molecule has 4 rings (SSSR count). The third-order valence-electron chi connectivity index (χ3n) is 6.37. The van der Waals surface area contributed by atoms with E-state index in [-0.39, 0.29) is 17.1 Å². The summed E-state index contributed by atoms with van der Waals surface area (Å²) in [6.07, 6.45) is -3.40. The van der Waals surface area contributed by atoms with Crippen LogP contribution in [0.2, 0.25) is 0 Å². The molecule has 8 nitrogen and oxygen atoms in total. The molecule has 0 aliphatic heterocycles. The van der Waals surface area contributed by atoms with Crippen LogP contribution >= 0.6 is 0 Å². The summed E-state index contributed by atoms with van der Waals surface area (Å²) in [7, 11) is 1.63. The van der Waals surface area contributed by atoms with Crippen LogP contribution in [0, 0.1) is 13.8 Å². The summed E-state index contributed by atoms with van der Waals surface area (Å²) in [6.45, 7) is 5.40. The molecule has 200 valence electrons. The average molecular weight is 529 g/mol. The number of halogens is 3. The van der Waals surface area contributed by atoms with E-state index >= 15 is 0 Å². The highest BCUT2D eigenvalue weighted by molar-refractivity contribution is 6.09. The number of amides is 2. The largest absolute Gasteiger partial charge is 0.573 e. The molecule has 1 aliphatic rings. The van der Waals surface area contributed by atoms with Gasteiger partial charge in [0.25, 0.3) is 11.8 Å². The molecule has 0 saturated carbocycles. The number of fused-ring (bicyclic) bond motifs is 3. The fourth-order valence-electron chi connectivity index (χ4n) is 4.39. The second-order valence-electron chi connectivity index (χ2n) is 8.98. The van der Waals surface area contributed by atoms with Gasteiger partial charge in [0, 0.05) is 29.6 Å². The number of rotatable bonds is 6. The van der Waals surface area contributed by atoms with Crippen molar-refractivity contribution in [2.75, 3.05) is 12.4 Å². The highest BCUT2D eigenvalue weighted by Crippen LogP contribution is 2.37. The van der Waals surface area contributed by atoms with Crippen molar-refractivity contribution < 1.29 is 32.0 Å². The van der Waals surface area contributed by atoms with Crippen LogP contribution in [0.25, 0.3) is 11.3 Å². The first-order chi connectivity index (χ1) is 18.0. The van der Waals surface area contributed by atoms with Crippen LogP contribution in [0.5, 0.6) is 5.75 Å². The first kappa shape index (κ1) is 26.8. The zero-order chi connectivity index (χ0) is 27.6. The predicted octanol–water partition coefficient (Wildman–Crippen LogP) is 5.17. The lowest BCUT2D eigenvalue weighted by atomic mass is 10.0. The van der Waals surface area contributed by atoms with Crippen LogP contribution < -0.4 is 20.7 Å². The lowest BCUT2D eigenvalue weighted by molar-refractivity contribution is -0.274. The second kappa shape index (κ2) is 10.6. The van der Waals surface area contributed by atoms with Gasteiger partial charge in [0.2, 0.25) is 0 Å². The molecule has 2 aromatic carbocycles. The minimum atomic E-state index is -4.80. The number of carbonyl (C=O) groups is 2. The number of carbonyl (C=O) groups excluding carboxylic acids is 2. The van der Waals surface area contributed by atoms with Crippen molar-refractivity contribution in [3.8, 4) is 17.1 Å². The molecular weight excluding hydrogens is 501 g/mol. The Bertz CT molecular complexity index is 1410. The third kappa shape index (κ3) is 5.66. The number of nitrogens with zero attached hydrogens (tertiary/aromatic N) is 1. The molecule has 0 fully saturated rings. The second-order valence-corrected chi connectivity index (χ2v) is 8.98. The van der Waals surface area contributed by atoms with Gasteiger partial charge in [-0.25, -0.2) is 0 Å². The fourth-order valence-corrected chi connectivity index (χ4v) is 4.39. The van der Waals surface area contributed by atoms with Gasteiger partial charge in [-0.2, -0.15) is 0 Å². The summed E-state index contributed by atoms with van der Waals surface area (Å²) < 4.78 is 47.5. The van der Waals surface area contributed by atoms with Gasteiger partial charge >= 0.3 is 6.36 Å². The highest BCUT2D eigenvalue weighted by atomic mass is 19.4. The molecule has 3 aromatic rings. The Morgan fingerprint density at radius 2 is 1.79 bits per heavy atom. The van der Waals surface area contributed by atoms with E-state index in [9.17, 15) is 22.8 Å². The Balaban J connectivity index is 1.61.